The monoisotopic (exact) mass is 936 g/mol. The van der Waals surface area contributed by atoms with Gasteiger partial charge in [-0.25, -0.2) is 0 Å². The number of cyclic esters (lactones) is 1. The molecule has 6 heterocycles. The number of carbonyl (C=O) groups is 2. The standard InChI is InChI=1S/C52H77N3O12/c1-15-40-52(11)42(30(3)28-62-52)32(5)43(56)29(2)24-51(10,61-21-17-18-36-23-37(27-53-26-36)38-19-16-20-54-38)47(67-49-44(57)39(55(12)13)22-31(4)63-49)33(6)45(34(7)48(59)65-40)66-41-25-50(9,60-14)46(58)35(8)64-41/h16,19-20,23,26-27,29,31-35,39-42,44-47,49,54,57-58H,3,15,21-22,24-25,28H2,1-2,4-14H3/t29?,31-,32?,33-,34+,35-,39?,40?,41?,42?,44-,45?,46?,47+,49+,50?,51?,52+/m0/s1. The van der Waals surface area contributed by atoms with Crippen LogP contribution in [0.3, 0.4) is 0 Å². The van der Waals surface area contributed by atoms with Crippen LogP contribution in [0.1, 0.15) is 100 Å². The molecular weight excluding hydrogens is 859 g/mol. The third kappa shape index (κ3) is 11.3. The van der Waals surface area contributed by atoms with Gasteiger partial charge in [-0.05, 0) is 98.7 Å². The predicted molar refractivity (Wildman–Crippen MR) is 251 cm³/mol. The molecule has 3 N–H and O–H groups in total. The molecule has 15 nitrogen and oxygen atoms in total. The van der Waals surface area contributed by atoms with Crippen LogP contribution in [-0.4, -0.2) is 149 Å². The Morgan fingerprint density at radius 2 is 1.73 bits per heavy atom. The highest BCUT2D eigenvalue weighted by Crippen LogP contribution is 2.47. The zero-order chi connectivity index (χ0) is 49.2. The summed E-state index contributed by atoms with van der Waals surface area (Å²) in [4.78, 5) is 39.4. The Bertz CT molecular complexity index is 2070. The van der Waals surface area contributed by atoms with Crippen molar-refractivity contribution in [1.29, 1.82) is 0 Å². The van der Waals surface area contributed by atoms with Crippen LogP contribution >= 0.6 is 0 Å². The molecule has 6 rings (SSSR count). The van der Waals surface area contributed by atoms with Gasteiger partial charge in [-0.1, -0.05) is 46.1 Å². The van der Waals surface area contributed by atoms with Gasteiger partial charge in [0.15, 0.2) is 12.6 Å². The molecule has 0 amide bonds. The van der Waals surface area contributed by atoms with Crippen LogP contribution in [-0.2, 0) is 47.5 Å². The second kappa shape index (κ2) is 21.6. The summed E-state index contributed by atoms with van der Waals surface area (Å²) in [5, 5.41) is 23.2. The molecule has 0 radical (unpaired) electrons. The zero-order valence-electron chi connectivity index (χ0n) is 41.9. The topological polar surface area (TPSA) is 180 Å². The maximum absolute atomic E-state index is 15.0. The molecule has 372 valence electrons. The Balaban J connectivity index is 1.49. The lowest BCUT2D eigenvalue weighted by Crippen LogP contribution is -2.61. The summed E-state index contributed by atoms with van der Waals surface area (Å²) in [6.45, 7) is 23.2. The van der Waals surface area contributed by atoms with Crippen molar-refractivity contribution in [2.24, 2.45) is 29.6 Å². The fraction of sp³-hybridized carbons (Fsp3) is 0.712. The van der Waals surface area contributed by atoms with Crippen molar-refractivity contribution in [1.82, 2.24) is 14.9 Å². The number of aromatic nitrogens is 2. The van der Waals surface area contributed by atoms with Crippen molar-refractivity contribution < 1.29 is 57.7 Å². The van der Waals surface area contributed by atoms with Crippen molar-refractivity contribution in [3.05, 3.63) is 54.5 Å². The summed E-state index contributed by atoms with van der Waals surface area (Å²) in [5.74, 6) is 2.47. The molecule has 2 aromatic rings. The number of likely N-dealkylation sites (N-methyl/N-ethyl adjacent to an activating group) is 1. The third-order valence-corrected chi connectivity index (χ3v) is 15.2. The van der Waals surface area contributed by atoms with Crippen LogP contribution in [0.4, 0.5) is 0 Å². The number of hydrogen-bond acceptors (Lipinski definition) is 14. The number of rotatable bonds is 10. The van der Waals surface area contributed by atoms with Crippen LogP contribution in [0, 0.1) is 41.4 Å². The normalized spacial score (nSPS) is 41.3. The first kappa shape index (κ1) is 52.8. The quantitative estimate of drug-likeness (QED) is 0.141. The number of nitrogens with zero attached hydrogens (tertiary/aromatic N) is 2. The van der Waals surface area contributed by atoms with E-state index in [1.54, 1.807) is 33.2 Å². The fourth-order valence-electron chi connectivity index (χ4n) is 11.3. The first-order valence-corrected chi connectivity index (χ1v) is 24.0. The summed E-state index contributed by atoms with van der Waals surface area (Å²) in [6, 6.07) is 5.51. The van der Waals surface area contributed by atoms with Gasteiger partial charge >= 0.3 is 5.97 Å². The summed E-state index contributed by atoms with van der Waals surface area (Å²) >= 11 is 0. The van der Waals surface area contributed by atoms with Gasteiger partial charge < -0.3 is 58.0 Å². The van der Waals surface area contributed by atoms with Gasteiger partial charge in [0, 0.05) is 78.7 Å². The zero-order valence-corrected chi connectivity index (χ0v) is 41.9. The number of nitrogens with one attached hydrogen (secondary N) is 1. The molecule has 15 heteroatoms. The molecule has 18 atom stereocenters. The number of esters is 1. The van der Waals surface area contributed by atoms with Crippen LogP contribution in [0.25, 0.3) is 11.3 Å². The summed E-state index contributed by atoms with van der Waals surface area (Å²) in [6.07, 6.45) is -1.31. The van der Waals surface area contributed by atoms with Crippen molar-refractivity contribution in [2.45, 2.75) is 173 Å². The van der Waals surface area contributed by atoms with Gasteiger partial charge in [-0.3, -0.25) is 14.6 Å². The maximum atomic E-state index is 15.0. The van der Waals surface area contributed by atoms with Crippen LogP contribution in [0.15, 0.2) is 48.9 Å². The lowest BCUT2D eigenvalue weighted by molar-refractivity contribution is -0.320. The molecule has 4 fully saturated rings. The lowest BCUT2D eigenvalue weighted by Gasteiger charge is -2.50. The summed E-state index contributed by atoms with van der Waals surface area (Å²) in [7, 11) is 5.34. The largest absolute Gasteiger partial charge is 0.459 e. The molecule has 0 saturated carbocycles. The Kier molecular flexibility index (Phi) is 17.1. The summed E-state index contributed by atoms with van der Waals surface area (Å²) < 4.78 is 52.7. The number of hydrogen-bond donors (Lipinski definition) is 3. The van der Waals surface area contributed by atoms with E-state index in [0.717, 1.165) is 16.8 Å². The molecule has 0 aromatic carbocycles. The number of methoxy groups -OCH3 is 1. The van der Waals surface area contributed by atoms with E-state index < -0.39 is 102 Å². The molecule has 2 aromatic heterocycles. The highest BCUT2D eigenvalue weighted by atomic mass is 16.7. The molecule has 0 aliphatic carbocycles. The minimum Gasteiger partial charge on any atom is -0.459 e. The van der Waals surface area contributed by atoms with Gasteiger partial charge in [0.2, 0.25) is 0 Å². The SMILES string of the molecule is C=C1CO[C@]2(C)C(CC)OC(=O)[C@H](C)C(OC3CC(C)(OC)C(O)[C@H](C)O3)[C@H](C)[C@@H](O[C@H]3O[C@@H](C)CC(N(C)C)[C@@H]3O)C(C)(OCC#Cc3cncc(-c4ccc[nH]4)c3)CC(C)C(=O)C(C)C12. The second-order valence-corrected chi connectivity index (χ2v) is 20.5. The molecule has 4 aliphatic rings. The molecule has 4 aliphatic heterocycles. The second-order valence-electron chi connectivity index (χ2n) is 20.5. The number of H-pyrrole nitrogens is 1. The lowest BCUT2D eigenvalue weighted by atomic mass is 9.69. The minimum atomic E-state index is -1.35. The van der Waals surface area contributed by atoms with E-state index in [2.05, 4.69) is 28.4 Å². The fourth-order valence-corrected chi connectivity index (χ4v) is 11.3. The highest BCUT2D eigenvalue weighted by Gasteiger charge is 2.57. The molecular formula is C52H77N3O12. The molecule has 0 spiro atoms. The highest BCUT2D eigenvalue weighted by molar-refractivity contribution is 5.84. The number of pyridine rings is 1. The number of aliphatic hydroxyl groups is 2. The average Bonchev–Trinajstić information content (AvgIpc) is 3.95. The minimum absolute atomic E-state index is 0.0425. The average molecular weight is 936 g/mol. The number of aromatic amines is 1. The third-order valence-electron chi connectivity index (χ3n) is 15.2. The van der Waals surface area contributed by atoms with E-state index in [-0.39, 0.29) is 44.0 Å². The summed E-state index contributed by atoms with van der Waals surface area (Å²) in [5.41, 5.74) is -0.227. The van der Waals surface area contributed by atoms with Gasteiger partial charge in [0.05, 0.1) is 48.1 Å². The molecule has 10 unspecified atom stereocenters. The maximum Gasteiger partial charge on any atom is 0.311 e. The van der Waals surface area contributed by atoms with Gasteiger partial charge in [0.25, 0.3) is 0 Å². The van der Waals surface area contributed by atoms with Gasteiger partial charge in [-0.2, -0.15) is 0 Å². The van der Waals surface area contributed by atoms with Gasteiger partial charge in [0.1, 0.15) is 36.3 Å². The van der Waals surface area contributed by atoms with Crippen molar-refractivity contribution in [3.8, 4) is 23.1 Å². The first-order chi connectivity index (χ1) is 31.6. The number of aliphatic hydroxyl groups excluding tert-OH is 2. The number of Topliss-reactive ketones (excluding diaryl/α,β-unsaturated/α-hetero) is 1. The van der Waals surface area contributed by atoms with Crippen LogP contribution in [0.5, 0.6) is 0 Å². The Labute approximate surface area is 397 Å². The molecule has 4 saturated heterocycles. The van der Waals surface area contributed by atoms with E-state index >= 15 is 0 Å². The number of fused-ring (bicyclic) bond motifs is 1. The van der Waals surface area contributed by atoms with E-state index in [9.17, 15) is 19.8 Å². The van der Waals surface area contributed by atoms with Crippen molar-refractivity contribution >= 4 is 11.8 Å². The van der Waals surface area contributed by atoms with E-state index in [0.29, 0.717) is 18.4 Å². The Hall–Kier alpha value is -3.53. The Morgan fingerprint density at radius 1 is 1.00 bits per heavy atom. The van der Waals surface area contributed by atoms with E-state index in [4.69, 9.17) is 37.9 Å². The molecule has 0 bridgehead atoms. The van der Waals surface area contributed by atoms with Crippen LogP contribution in [0.2, 0.25) is 0 Å². The predicted octanol–water partition coefficient (Wildman–Crippen LogP) is 6.10. The van der Waals surface area contributed by atoms with Crippen molar-refractivity contribution in [2.75, 3.05) is 34.4 Å². The van der Waals surface area contributed by atoms with E-state index in [1.165, 1.54) is 7.11 Å². The molecule has 67 heavy (non-hydrogen) atoms. The van der Waals surface area contributed by atoms with Crippen LogP contribution < -0.4 is 0 Å². The van der Waals surface area contributed by atoms with Gasteiger partial charge in [-0.15, -0.1) is 0 Å². The first-order valence-electron chi connectivity index (χ1n) is 24.0. The van der Waals surface area contributed by atoms with Crippen molar-refractivity contribution in [3.63, 3.8) is 0 Å². The number of ketones is 1. The Morgan fingerprint density at radius 3 is 2.39 bits per heavy atom. The smallest absolute Gasteiger partial charge is 0.311 e. The number of ether oxygens (including phenoxy) is 8. The number of carbonyl (C=O) groups excluding carboxylic acids is 2. The van der Waals surface area contributed by atoms with E-state index in [1.807, 2.05) is 91.9 Å².